The molecule has 38 heavy (non-hydrogen) atoms. The minimum Gasteiger partial charge on any atom is -0.497 e. The van der Waals surface area contributed by atoms with E-state index in [1.165, 1.54) is 31.0 Å². The molecule has 1 saturated carbocycles. The van der Waals surface area contributed by atoms with E-state index < -0.39 is 24.2 Å². The smallest absolute Gasteiger partial charge is 0.255 e. The number of aromatic amines is 1. The molecule has 1 aliphatic carbocycles. The van der Waals surface area contributed by atoms with Crippen LogP contribution in [0.4, 0.5) is 0 Å². The molecule has 4 N–H and O–H groups in total. The van der Waals surface area contributed by atoms with Crippen molar-refractivity contribution in [1.82, 2.24) is 25.2 Å². The molecule has 3 atom stereocenters. The van der Waals surface area contributed by atoms with Gasteiger partial charge in [0.05, 0.1) is 36.9 Å². The Bertz CT molecular complexity index is 1350. The van der Waals surface area contributed by atoms with Crippen molar-refractivity contribution < 1.29 is 29.3 Å². The highest BCUT2D eigenvalue weighted by Crippen LogP contribution is 2.38. The lowest BCUT2D eigenvalue weighted by Gasteiger charge is -2.36. The third kappa shape index (κ3) is 5.16. The largest absolute Gasteiger partial charge is 0.497 e. The van der Waals surface area contributed by atoms with E-state index in [0.717, 1.165) is 5.56 Å². The number of aryl methyl sites for hydroxylation is 1. The summed E-state index contributed by atoms with van der Waals surface area (Å²) in [5, 5.41) is 23.1. The maximum Gasteiger partial charge on any atom is 0.255 e. The average molecular weight is 524 g/mol. The van der Waals surface area contributed by atoms with E-state index in [-0.39, 0.29) is 12.5 Å². The van der Waals surface area contributed by atoms with Crippen LogP contribution >= 0.6 is 0 Å². The molecular formula is C27H33N5O6. The lowest BCUT2D eigenvalue weighted by atomic mass is 10.0. The lowest BCUT2D eigenvalue weighted by molar-refractivity contribution is -0.142. The number of piperidine rings is 1. The van der Waals surface area contributed by atoms with Crippen LogP contribution in [0.2, 0.25) is 0 Å². The molecule has 0 unspecified atom stereocenters. The molecule has 1 aromatic carbocycles. The molecule has 0 spiro atoms. The number of hydrogen-bond donors (Lipinski definition) is 4. The van der Waals surface area contributed by atoms with Gasteiger partial charge in [-0.05, 0) is 57.2 Å². The lowest BCUT2D eigenvalue weighted by Crippen LogP contribution is -2.56. The topological polar surface area (TPSA) is 150 Å². The summed E-state index contributed by atoms with van der Waals surface area (Å²) in [7, 11) is 1.60. The van der Waals surface area contributed by atoms with E-state index in [2.05, 4.69) is 20.3 Å². The van der Waals surface area contributed by atoms with Gasteiger partial charge in [-0.2, -0.15) is 0 Å². The summed E-state index contributed by atoms with van der Waals surface area (Å²) in [4.78, 5) is 39.1. The Hall–Kier alpha value is -3.70. The van der Waals surface area contributed by atoms with Crippen molar-refractivity contribution in [2.45, 2.75) is 51.4 Å². The molecule has 3 aromatic rings. The van der Waals surface area contributed by atoms with Gasteiger partial charge in [-0.15, -0.1) is 0 Å². The molecular weight excluding hydrogens is 490 g/mol. The third-order valence-electron chi connectivity index (χ3n) is 7.18. The predicted octanol–water partition coefficient (Wildman–Crippen LogP) is 1.80. The second-order valence-electron chi connectivity index (χ2n) is 10.1. The monoisotopic (exact) mass is 523 g/mol. The van der Waals surface area contributed by atoms with Crippen molar-refractivity contribution >= 4 is 22.8 Å². The average Bonchev–Trinajstić information content (AvgIpc) is 3.67. The van der Waals surface area contributed by atoms with Crippen LogP contribution in [-0.4, -0.2) is 86.9 Å². The van der Waals surface area contributed by atoms with Gasteiger partial charge in [0.25, 0.3) is 11.8 Å². The molecule has 2 amide bonds. The van der Waals surface area contributed by atoms with Gasteiger partial charge < -0.3 is 34.9 Å². The third-order valence-corrected chi connectivity index (χ3v) is 7.18. The number of hydrogen-bond acceptors (Lipinski definition) is 8. The number of carbonyl (C=O) groups is 2. The van der Waals surface area contributed by atoms with Crippen molar-refractivity contribution in [3.63, 3.8) is 0 Å². The molecule has 0 bridgehead atoms. The number of aliphatic hydroxyl groups excluding tert-OH is 2. The Morgan fingerprint density at radius 1 is 1.26 bits per heavy atom. The number of benzene rings is 1. The fourth-order valence-corrected chi connectivity index (χ4v) is 4.85. The summed E-state index contributed by atoms with van der Waals surface area (Å²) in [6.45, 7) is 4.18. The van der Waals surface area contributed by atoms with Gasteiger partial charge in [0.1, 0.15) is 35.1 Å². The Labute approximate surface area is 220 Å². The summed E-state index contributed by atoms with van der Waals surface area (Å²) in [5.74, 6) is 1.08. The van der Waals surface area contributed by atoms with Crippen LogP contribution in [0.5, 0.6) is 11.5 Å². The van der Waals surface area contributed by atoms with Crippen molar-refractivity contribution in [2.75, 3.05) is 26.8 Å². The number of nitrogens with one attached hydrogen (secondary N) is 2. The van der Waals surface area contributed by atoms with E-state index in [0.29, 0.717) is 65.0 Å². The Balaban J connectivity index is 1.42. The predicted molar refractivity (Wildman–Crippen MR) is 139 cm³/mol. The maximum atomic E-state index is 13.4. The quantitative estimate of drug-likeness (QED) is 0.349. The zero-order valence-corrected chi connectivity index (χ0v) is 21.7. The number of aromatic nitrogens is 3. The number of fused-ring (bicyclic) bond motifs is 1. The summed E-state index contributed by atoms with van der Waals surface area (Å²) >= 11 is 0. The highest BCUT2D eigenvalue weighted by molar-refractivity contribution is 6.09. The van der Waals surface area contributed by atoms with Crippen LogP contribution < -0.4 is 14.8 Å². The van der Waals surface area contributed by atoms with Crippen molar-refractivity contribution in [1.29, 1.82) is 0 Å². The van der Waals surface area contributed by atoms with Gasteiger partial charge in [0.15, 0.2) is 0 Å². The molecule has 2 aliphatic rings. The number of methoxy groups -OCH3 is 1. The van der Waals surface area contributed by atoms with Gasteiger partial charge in [0.2, 0.25) is 0 Å². The highest BCUT2D eigenvalue weighted by atomic mass is 16.5. The van der Waals surface area contributed by atoms with Crippen molar-refractivity contribution in [3.8, 4) is 22.8 Å². The van der Waals surface area contributed by atoms with Crippen molar-refractivity contribution in [2.24, 2.45) is 5.92 Å². The summed E-state index contributed by atoms with van der Waals surface area (Å²) in [6, 6.07) is 5.02. The normalized spacial score (nSPS) is 20.3. The highest BCUT2D eigenvalue weighted by Gasteiger charge is 2.33. The molecule has 11 heteroatoms. The number of likely N-dealkylation sites (tertiary alicyclic amines) is 1. The van der Waals surface area contributed by atoms with E-state index in [9.17, 15) is 19.8 Å². The second-order valence-corrected chi connectivity index (χ2v) is 10.1. The summed E-state index contributed by atoms with van der Waals surface area (Å²) in [6.07, 6.45) is 2.01. The number of β-amino-alcohol motifs (C(OH)–C–C–N with tert-alkyl or cyclic N) is 1. The Morgan fingerprint density at radius 3 is 2.74 bits per heavy atom. The maximum absolute atomic E-state index is 13.4. The number of amides is 2. The fourth-order valence-electron chi connectivity index (χ4n) is 4.85. The molecule has 0 radical (unpaired) electrons. The fraction of sp³-hybridized carbons (Fsp3) is 0.481. The van der Waals surface area contributed by atoms with E-state index >= 15 is 0 Å². The SMILES string of the molecule is COc1ccc(OCC2CC2)c(-c2ncnc3c(C(=O)N[C@H]4CCN(C(=O)[C@H](C)O)C[C@@H]4O)c(C)[nH]c23)c1. The summed E-state index contributed by atoms with van der Waals surface area (Å²) < 4.78 is 11.6. The molecule has 11 nitrogen and oxygen atoms in total. The van der Waals surface area contributed by atoms with Crippen LogP contribution in [0.3, 0.4) is 0 Å². The minimum absolute atomic E-state index is 0.0351. The van der Waals surface area contributed by atoms with Gasteiger partial charge in [0, 0.05) is 24.3 Å². The second kappa shape index (κ2) is 10.6. The zero-order valence-electron chi connectivity index (χ0n) is 21.7. The first-order valence-corrected chi connectivity index (χ1v) is 12.9. The number of H-pyrrole nitrogens is 1. The number of carbonyl (C=O) groups excluding carboxylic acids is 2. The molecule has 2 fully saturated rings. The Kier molecular flexibility index (Phi) is 7.22. The van der Waals surface area contributed by atoms with Crippen molar-refractivity contribution in [3.05, 3.63) is 35.8 Å². The van der Waals surface area contributed by atoms with Crippen LogP contribution in [0.15, 0.2) is 24.5 Å². The number of rotatable bonds is 8. The summed E-state index contributed by atoms with van der Waals surface area (Å²) in [5.41, 5.74) is 3.35. The molecule has 5 rings (SSSR count). The standard InChI is InChI=1S/C27H33N5O6/c1-14-22(26(35)31-19-8-9-32(11-20(19)34)27(36)15(2)33)24-25(30-14)23(28-13-29-24)18-10-17(37-3)6-7-21(18)38-12-16-4-5-16/h6-7,10,13,15-16,19-20,30,33-34H,4-5,8-9,11-12H2,1-3H3,(H,31,35)/t15-,19-,20-/m0/s1. The molecule has 1 aliphatic heterocycles. The van der Waals surface area contributed by atoms with E-state index in [4.69, 9.17) is 9.47 Å². The first kappa shape index (κ1) is 25.9. The first-order chi connectivity index (χ1) is 18.3. The van der Waals surface area contributed by atoms with Crippen LogP contribution in [-0.2, 0) is 4.79 Å². The van der Waals surface area contributed by atoms with E-state index in [1.807, 2.05) is 18.2 Å². The molecule has 3 heterocycles. The number of aliphatic hydroxyl groups is 2. The Morgan fingerprint density at radius 2 is 2.05 bits per heavy atom. The van der Waals surface area contributed by atoms with Crippen LogP contribution in [0, 0.1) is 12.8 Å². The van der Waals surface area contributed by atoms with Gasteiger partial charge in [-0.3, -0.25) is 9.59 Å². The first-order valence-electron chi connectivity index (χ1n) is 12.9. The molecule has 202 valence electrons. The zero-order chi connectivity index (χ0) is 27.0. The van der Waals surface area contributed by atoms with E-state index in [1.54, 1.807) is 14.0 Å². The molecule has 2 aromatic heterocycles. The van der Waals surface area contributed by atoms with Crippen LogP contribution in [0.25, 0.3) is 22.3 Å². The van der Waals surface area contributed by atoms with Gasteiger partial charge in [-0.25, -0.2) is 9.97 Å². The van der Waals surface area contributed by atoms with Gasteiger partial charge in [-0.1, -0.05) is 0 Å². The van der Waals surface area contributed by atoms with Crippen LogP contribution in [0.1, 0.15) is 42.2 Å². The minimum atomic E-state index is -1.14. The number of ether oxygens (including phenoxy) is 2. The number of nitrogens with zero attached hydrogens (tertiary/aromatic N) is 3. The van der Waals surface area contributed by atoms with Gasteiger partial charge >= 0.3 is 0 Å². The molecule has 1 saturated heterocycles.